The number of aryl methyl sites for hydroxylation is 1. The molecular weight excluding hydrogens is 310 g/mol. The molecule has 0 spiro atoms. The Morgan fingerprint density at radius 2 is 1.83 bits per heavy atom. The zero-order valence-corrected chi connectivity index (χ0v) is 13.3. The van der Waals surface area contributed by atoms with Gasteiger partial charge in [0.15, 0.2) is 5.69 Å². The smallest absolute Gasteiger partial charge is 0.356 e. The minimum atomic E-state index is -1.01. The normalized spacial score (nSPS) is 10.5. The van der Waals surface area contributed by atoms with Gasteiger partial charge < -0.3 is 9.84 Å². The lowest BCUT2D eigenvalue weighted by Gasteiger charge is -2.07. The van der Waals surface area contributed by atoms with Crippen LogP contribution in [0.1, 0.15) is 21.1 Å². The Labute approximate surface area is 138 Å². The lowest BCUT2D eigenvalue weighted by atomic mass is 10.1. The molecule has 0 unspecified atom stereocenters. The summed E-state index contributed by atoms with van der Waals surface area (Å²) >= 11 is 1.38. The fourth-order valence-electron chi connectivity index (χ4n) is 2.21. The van der Waals surface area contributed by atoms with Crippen LogP contribution in [0.5, 0.6) is 5.75 Å². The zero-order chi connectivity index (χ0) is 16.2. The largest absolute Gasteiger partial charge is 0.489 e. The van der Waals surface area contributed by atoms with Gasteiger partial charge in [0.05, 0.1) is 9.88 Å². The molecule has 5 heteroatoms. The number of aromatic carboxylic acids is 1. The van der Waals surface area contributed by atoms with Crippen molar-refractivity contribution in [1.29, 1.82) is 0 Å². The Morgan fingerprint density at radius 3 is 2.48 bits per heavy atom. The fourth-order valence-corrected chi connectivity index (χ4v) is 3.13. The van der Waals surface area contributed by atoms with Crippen LogP contribution in [0.25, 0.3) is 10.4 Å². The van der Waals surface area contributed by atoms with Crippen LogP contribution in [0.3, 0.4) is 0 Å². The van der Waals surface area contributed by atoms with Crippen LogP contribution in [0.2, 0.25) is 0 Å². The second kappa shape index (κ2) is 6.62. The van der Waals surface area contributed by atoms with Crippen molar-refractivity contribution in [3.8, 4) is 16.2 Å². The number of nitrogens with zero attached hydrogens (tertiary/aromatic N) is 1. The third kappa shape index (κ3) is 3.57. The van der Waals surface area contributed by atoms with Crippen molar-refractivity contribution in [1.82, 2.24) is 4.98 Å². The van der Waals surface area contributed by atoms with Gasteiger partial charge in [0, 0.05) is 0 Å². The summed E-state index contributed by atoms with van der Waals surface area (Å²) in [5.74, 6) is -0.260. The monoisotopic (exact) mass is 325 g/mol. The van der Waals surface area contributed by atoms with E-state index in [0.29, 0.717) is 11.5 Å². The molecule has 0 amide bonds. The summed E-state index contributed by atoms with van der Waals surface area (Å²) in [6, 6.07) is 17.3. The van der Waals surface area contributed by atoms with Crippen LogP contribution in [-0.2, 0) is 6.61 Å². The molecule has 2 aromatic carbocycles. The number of ether oxygens (including phenoxy) is 1. The lowest BCUT2D eigenvalue weighted by Crippen LogP contribution is -1.99. The Kier molecular flexibility index (Phi) is 4.39. The SMILES string of the molecule is Cc1nc(C(=O)O)c(-c2ccc(OCc3ccccc3)cc2)s1. The van der Waals surface area contributed by atoms with E-state index in [0.717, 1.165) is 21.9 Å². The minimum absolute atomic E-state index is 0.102. The van der Waals surface area contributed by atoms with Crippen molar-refractivity contribution >= 4 is 17.3 Å². The van der Waals surface area contributed by atoms with E-state index < -0.39 is 5.97 Å². The van der Waals surface area contributed by atoms with E-state index in [2.05, 4.69) is 4.98 Å². The topological polar surface area (TPSA) is 59.4 Å². The molecular formula is C18H15NO3S. The summed E-state index contributed by atoms with van der Waals surface area (Å²) in [5, 5.41) is 9.96. The number of thiazole rings is 1. The van der Waals surface area contributed by atoms with Gasteiger partial charge in [-0.15, -0.1) is 11.3 Å². The van der Waals surface area contributed by atoms with Gasteiger partial charge in [-0.05, 0) is 42.3 Å². The molecule has 0 aliphatic carbocycles. The maximum absolute atomic E-state index is 11.3. The first-order valence-electron chi connectivity index (χ1n) is 7.11. The molecule has 1 aromatic heterocycles. The third-order valence-corrected chi connectivity index (χ3v) is 4.32. The van der Waals surface area contributed by atoms with Crippen molar-refractivity contribution in [2.75, 3.05) is 0 Å². The molecule has 4 nitrogen and oxygen atoms in total. The summed E-state index contributed by atoms with van der Waals surface area (Å²) in [6.07, 6.45) is 0. The van der Waals surface area contributed by atoms with E-state index in [1.54, 1.807) is 6.92 Å². The van der Waals surface area contributed by atoms with Crippen molar-refractivity contribution < 1.29 is 14.6 Å². The Morgan fingerprint density at radius 1 is 1.13 bits per heavy atom. The molecule has 3 rings (SSSR count). The lowest BCUT2D eigenvalue weighted by molar-refractivity contribution is 0.0692. The predicted molar refractivity (Wildman–Crippen MR) is 90.0 cm³/mol. The van der Waals surface area contributed by atoms with Gasteiger partial charge in [0.1, 0.15) is 12.4 Å². The summed E-state index contributed by atoms with van der Waals surface area (Å²) in [6.45, 7) is 2.30. The molecule has 3 aromatic rings. The predicted octanol–water partition coefficient (Wildman–Crippen LogP) is 4.40. The van der Waals surface area contributed by atoms with E-state index in [1.807, 2.05) is 54.6 Å². The summed E-state index contributed by atoms with van der Waals surface area (Å²) in [4.78, 5) is 16.0. The van der Waals surface area contributed by atoms with Gasteiger partial charge in [0.2, 0.25) is 0 Å². The highest BCUT2D eigenvalue weighted by molar-refractivity contribution is 7.15. The minimum Gasteiger partial charge on any atom is -0.489 e. The first-order valence-corrected chi connectivity index (χ1v) is 7.93. The van der Waals surface area contributed by atoms with Crippen LogP contribution in [-0.4, -0.2) is 16.1 Å². The number of benzene rings is 2. The average molecular weight is 325 g/mol. The molecule has 0 bridgehead atoms. The number of hydrogen-bond donors (Lipinski definition) is 1. The molecule has 0 fully saturated rings. The second-order valence-electron chi connectivity index (χ2n) is 5.01. The van der Waals surface area contributed by atoms with Gasteiger partial charge in [-0.1, -0.05) is 30.3 Å². The van der Waals surface area contributed by atoms with Gasteiger partial charge in [0.25, 0.3) is 0 Å². The number of hydrogen-bond acceptors (Lipinski definition) is 4. The Hall–Kier alpha value is -2.66. The number of aromatic nitrogens is 1. The quantitative estimate of drug-likeness (QED) is 0.755. The average Bonchev–Trinajstić information content (AvgIpc) is 2.97. The molecule has 1 N–H and O–H groups in total. The standard InChI is InChI=1S/C18H15NO3S/c1-12-19-16(18(20)21)17(23-12)14-7-9-15(10-8-14)22-11-13-5-3-2-4-6-13/h2-10H,11H2,1H3,(H,20,21). The van der Waals surface area contributed by atoms with E-state index in [1.165, 1.54) is 11.3 Å². The highest BCUT2D eigenvalue weighted by Crippen LogP contribution is 2.31. The van der Waals surface area contributed by atoms with E-state index in [-0.39, 0.29) is 5.69 Å². The molecule has 0 radical (unpaired) electrons. The van der Waals surface area contributed by atoms with E-state index in [4.69, 9.17) is 4.74 Å². The Bertz CT molecular complexity index is 810. The third-order valence-electron chi connectivity index (χ3n) is 3.30. The van der Waals surface area contributed by atoms with Gasteiger partial charge in [-0.3, -0.25) is 0 Å². The summed E-state index contributed by atoms with van der Waals surface area (Å²) in [7, 11) is 0. The fraction of sp³-hybridized carbons (Fsp3) is 0.111. The van der Waals surface area contributed by atoms with Gasteiger partial charge in [-0.25, -0.2) is 9.78 Å². The maximum Gasteiger partial charge on any atom is 0.356 e. The second-order valence-corrected chi connectivity index (χ2v) is 6.22. The number of carboxylic acid groups (broad SMARTS) is 1. The van der Waals surface area contributed by atoms with Crippen molar-refractivity contribution in [3.63, 3.8) is 0 Å². The first kappa shape index (κ1) is 15.2. The highest BCUT2D eigenvalue weighted by Gasteiger charge is 2.17. The van der Waals surface area contributed by atoms with Crippen molar-refractivity contribution in [2.24, 2.45) is 0 Å². The zero-order valence-electron chi connectivity index (χ0n) is 12.5. The number of carbonyl (C=O) groups is 1. The molecule has 23 heavy (non-hydrogen) atoms. The summed E-state index contributed by atoms with van der Waals surface area (Å²) in [5.41, 5.74) is 2.04. The first-order chi connectivity index (χ1) is 11.1. The van der Waals surface area contributed by atoms with Gasteiger partial charge >= 0.3 is 5.97 Å². The van der Waals surface area contributed by atoms with Crippen molar-refractivity contribution in [3.05, 3.63) is 70.9 Å². The molecule has 116 valence electrons. The highest BCUT2D eigenvalue weighted by atomic mass is 32.1. The molecule has 1 heterocycles. The van der Waals surface area contributed by atoms with Crippen molar-refractivity contribution in [2.45, 2.75) is 13.5 Å². The van der Waals surface area contributed by atoms with Gasteiger partial charge in [-0.2, -0.15) is 0 Å². The Balaban J connectivity index is 1.76. The van der Waals surface area contributed by atoms with Crippen LogP contribution < -0.4 is 4.74 Å². The molecule has 0 atom stereocenters. The molecule has 0 aliphatic heterocycles. The number of rotatable bonds is 5. The maximum atomic E-state index is 11.3. The van der Waals surface area contributed by atoms with E-state index >= 15 is 0 Å². The molecule has 0 saturated heterocycles. The van der Waals surface area contributed by atoms with Crippen LogP contribution in [0.4, 0.5) is 0 Å². The van der Waals surface area contributed by atoms with E-state index in [9.17, 15) is 9.90 Å². The summed E-state index contributed by atoms with van der Waals surface area (Å²) < 4.78 is 5.74. The molecule has 0 saturated carbocycles. The van der Waals surface area contributed by atoms with Crippen LogP contribution in [0.15, 0.2) is 54.6 Å². The van der Waals surface area contributed by atoms with Crippen LogP contribution >= 0.6 is 11.3 Å². The van der Waals surface area contributed by atoms with Crippen LogP contribution in [0, 0.1) is 6.92 Å². The molecule has 0 aliphatic rings. The number of carboxylic acids is 1.